The average Bonchev–Trinajstić information content (AvgIpc) is 3.30. The summed E-state index contributed by atoms with van der Waals surface area (Å²) < 4.78 is 18.9. The van der Waals surface area contributed by atoms with Crippen LogP contribution in [0.5, 0.6) is 11.5 Å². The van der Waals surface area contributed by atoms with E-state index in [0.29, 0.717) is 55.4 Å². The first-order valence-corrected chi connectivity index (χ1v) is 12.6. The molecule has 2 aromatic heterocycles. The average molecular weight is 596 g/mol. The van der Waals surface area contributed by atoms with Crippen LogP contribution >= 0.6 is 27.5 Å². The van der Waals surface area contributed by atoms with Crippen molar-refractivity contribution in [2.75, 3.05) is 13.2 Å². The minimum absolute atomic E-state index is 0.225. The number of halogens is 2. The summed E-state index contributed by atoms with van der Waals surface area (Å²) in [5.41, 5.74) is 6.54. The molecule has 11 heteroatoms. The molecule has 5 aromatic rings. The molecule has 3 aromatic carbocycles. The lowest BCUT2D eigenvalue weighted by Crippen LogP contribution is -2.20. The second kappa shape index (κ2) is 10.7. The van der Waals surface area contributed by atoms with Crippen LogP contribution in [-0.2, 0) is 4.79 Å². The molecule has 0 unspecified atom stereocenters. The zero-order valence-corrected chi connectivity index (χ0v) is 22.3. The Kier molecular flexibility index (Phi) is 7.17. The van der Waals surface area contributed by atoms with E-state index in [-0.39, 0.29) is 18.0 Å². The van der Waals surface area contributed by atoms with Crippen molar-refractivity contribution in [2.45, 2.75) is 6.92 Å². The summed E-state index contributed by atoms with van der Waals surface area (Å²) in [5, 5.41) is 6.20. The summed E-state index contributed by atoms with van der Waals surface area (Å²) in [6, 6.07) is 17.4. The van der Waals surface area contributed by atoms with Crippen molar-refractivity contribution < 1.29 is 18.7 Å². The molecule has 0 saturated carbocycles. The Labute approximate surface area is 229 Å². The highest BCUT2D eigenvalue weighted by Gasteiger charge is 2.17. The number of amides is 1. The van der Waals surface area contributed by atoms with Crippen LogP contribution in [0, 0.1) is 0 Å². The molecule has 9 nitrogen and oxygen atoms in total. The first kappa shape index (κ1) is 25.5. The highest BCUT2D eigenvalue weighted by atomic mass is 79.9. The van der Waals surface area contributed by atoms with Gasteiger partial charge in [-0.3, -0.25) is 9.59 Å². The van der Waals surface area contributed by atoms with Gasteiger partial charge in [0.05, 0.1) is 28.2 Å². The van der Waals surface area contributed by atoms with Gasteiger partial charge in [-0.05, 0) is 76.9 Å². The summed E-state index contributed by atoms with van der Waals surface area (Å²) in [7, 11) is 0. The second-order valence-electron chi connectivity index (χ2n) is 8.12. The fraction of sp³-hybridized carbons (Fsp3) is 0.111. The molecule has 0 aliphatic carbocycles. The first-order chi connectivity index (χ1) is 18.3. The third kappa shape index (κ3) is 5.13. The molecule has 0 bridgehead atoms. The Bertz CT molecular complexity index is 1780. The molecule has 0 aliphatic heterocycles. The second-order valence-corrected chi connectivity index (χ2v) is 9.42. The predicted molar refractivity (Wildman–Crippen MR) is 149 cm³/mol. The van der Waals surface area contributed by atoms with E-state index in [1.54, 1.807) is 60.7 Å². The van der Waals surface area contributed by atoms with Gasteiger partial charge < -0.3 is 19.6 Å². The number of nitrogens with zero attached hydrogens (tertiary/aromatic N) is 3. The first-order valence-electron chi connectivity index (χ1n) is 11.5. The van der Waals surface area contributed by atoms with Crippen LogP contribution in [0.2, 0.25) is 5.02 Å². The summed E-state index contributed by atoms with van der Waals surface area (Å²) in [4.78, 5) is 29.4. The van der Waals surface area contributed by atoms with Crippen LogP contribution in [-0.4, -0.2) is 35.0 Å². The van der Waals surface area contributed by atoms with Crippen LogP contribution in [0.15, 0.2) is 79.4 Å². The molecule has 2 N–H and O–H groups in total. The van der Waals surface area contributed by atoms with Gasteiger partial charge in [0.15, 0.2) is 23.9 Å². The van der Waals surface area contributed by atoms with E-state index in [1.165, 1.54) is 10.9 Å². The Morgan fingerprint density at radius 3 is 2.79 bits per heavy atom. The van der Waals surface area contributed by atoms with Crippen molar-refractivity contribution >= 4 is 61.5 Å². The van der Waals surface area contributed by atoms with Crippen LogP contribution in [0.4, 0.5) is 0 Å². The zero-order chi connectivity index (χ0) is 26.8. The van der Waals surface area contributed by atoms with Gasteiger partial charge in [0.1, 0.15) is 5.58 Å². The van der Waals surface area contributed by atoms with Gasteiger partial charge >= 0.3 is 0 Å². The molecule has 1 amide bonds. The molecule has 0 radical (unpaired) electrons. The lowest BCUT2D eigenvalue weighted by Gasteiger charge is -2.13. The predicted octanol–water partition coefficient (Wildman–Crippen LogP) is 5.37. The largest absolute Gasteiger partial charge is 0.490 e. The van der Waals surface area contributed by atoms with E-state index in [9.17, 15) is 9.59 Å². The minimum atomic E-state index is -0.617. The minimum Gasteiger partial charge on any atom is -0.490 e. The highest BCUT2D eigenvalue weighted by molar-refractivity contribution is 9.10. The summed E-state index contributed by atoms with van der Waals surface area (Å²) in [5.74, 6) is 0.668. The number of nitrogens with two attached hydrogens (primary N) is 1. The maximum Gasteiger partial charge on any atom is 0.282 e. The molecule has 0 spiro atoms. The standard InChI is InChI=1S/C27H20BrClN4O5/c1-2-36-22-10-15(9-19(28)25(22)37-14-24(30)34)13-31-33-26(32-20-6-4-3-5-18(20)27(33)35)23-12-16-11-17(29)7-8-21(16)38-23/h3-13H,2,14H2,1H3,(H2,30,34). The Hall–Kier alpha value is -4.15. The van der Waals surface area contributed by atoms with Gasteiger partial charge in [-0.15, -0.1) is 0 Å². The lowest BCUT2D eigenvalue weighted by molar-refractivity contribution is -0.119. The number of carbonyl (C=O) groups is 1. The third-order valence-corrected chi connectivity index (χ3v) is 6.29. The lowest BCUT2D eigenvalue weighted by atomic mass is 10.2. The van der Waals surface area contributed by atoms with Crippen molar-refractivity contribution in [1.82, 2.24) is 9.66 Å². The number of para-hydroxylation sites is 1. The van der Waals surface area contributed by atoms with Crippen LogP contribution in [0.1, 0.15) is 12.5 Å². The molecule has 0 saturated heterocycles. The Balaban J connectivity index is 1.63. The highest BCUT2D eigenvalue weighted by Crippen LogP contribution is 2.36. The van der Waals surface area contributed by atoms with Crippen LogP contribution in [0.3, 0.4) is 0 Å². The van der Waals surface area contributed by atoms with Crippen molar-refractivity contribution in [1.29, 1.82) is 0 Å². The van der Waals surface area contributed by atoms with Gasteiger partial charge in [0.25, 0.3) is 11.5 Å². The fourth-order valence-electron chi connectivity index (χ4n) is 3.85. The molecular weight excluding hydrogens is 576 g/mol. The quantitative estimate of drug-likeness (QED) is 0.241. The molecular formula is C27H20BrClN4O5. The molecule has 0 aliphatic rings. The number of benzene rings is 3. The molecule has 0 fully saturated rings. The van der Waals surface area contributed by atoms with Gasteiger partial charge in [-0.1, -0.05) is 23.7 Å². The number of carbonyl (C=O) groups excluding carboxylic acids is 1. The molecule has 38 heavy (non-hydrogen) atoms. The van der Waals surface area contributed by atoms with Gasteiger partial charge in [-0.2, -0.15) is 9.78 Å². The maximum atomic E-state index is 13.5. The smallest absolute Gasteiger partial charge is 0.282 e. The van der Waals surface area contributed by atoms with E-state index in [2.05, 4.69) is 26.0 Å². The number of hydrogen-bond donors (Lipinski definition) is 1. The third-order valence-electron chi connectivity index (χ3n) is 5.47. The van der Waals surface area contributed by atoms with Gasteiger partial charge in [0.2, 0.25) is 5.82 Å². The van der Waals surface area contributed by atoms with Crippen molar-refractivity contribution in [2.24, 2.45) is 10.8 Å². The van der Waals surface area contributed by atoms with Crippen molar-refractivity contribution in [3.8, 4) is 23.1 Å². The number of fused-ring (bicyclic) bond motifs is 2. The number of ether oxygens (including phenoxy) is 2. The van der Waals surface area contributed by atoms with Gasteiger partial charge in [0, 0.05) is 10.4 Å². The fourth-order valence-corrected chi connectivity index (χ4v) is 4.60. The summed E-state index contributed by atoms with van der Waals surface area (Å²) in [6.45, 7) is 1.87. The van der Waals surface area contributed by atoms with E-state index >= 15 is 0 Å². The van der Waals surface area contributed by atoms with E-state index in [0.717, 1.165) is 5.39 Å². The van der Waals surface area contributed by atoms with E-state index in [4.69, 9.17) is 31.2 Å². The monoisotopic (exact) mass is 594 g/mol. The molecule has 2 heterocycles. The number of furan rings is 1. The zero-order valence-electron chi connectivity index (χ0n) is 20.0. The van der Waals surface area contributed by atoms with E-state index in [1.807, 2.05) is 6.92 Å². The maximum absolute atomic E-state index is 13.5. The summed E-state index contributed by atoms with van der Waals surface area (Å²) in [6.07, 6.45) is 1.49. The Morgan fingerprint density at radius 1 is 1.18 bits per heavy atom. The number of rotatable bonds is 8. The number of hydrogen-bond acceptors (Lipinski definition) is 7. The summed E-state index contributed by atoms with van der Waals surface area (Å²) >= 11 is 9.58. The molecule has 0 atom stereocenters. The molecule has 5 rings (SSSR count). The normalized spacial score (nSPS) is 11.4. The topological polar surface area (TPSA) is 122 Å². The number of primary amides is 1. The number of aromatic nitrogens is 2. The van der Waals surface area contributed by atoms with Crippen molar-refractivity contribution in [3.05, 3.63) is 86.1 Å². The van der Waals surface area contributed by atoms with E-state index < -0.39 is 5.91 Å². The van der Waals surface area contributed by atoms with Crippen molar-refractivity contribution in [3.63, 3.8) is 0 Å². The van der Waals surface area contributed by atoms with Crippen LogP contribution < -0.4 is 20.8 Å². The van der Waals surface area contributed by atoms with Gasteiger partial charge in [-0.25, -0.2) is 4.98 Å². The SMILES string of the molecule is CCOc1cc(C=Nn2c(-c3cc4cc(Cl)ccc4o3)nc3ccccc3c2=O)cc(Br)c1OCC(N)=O. The molecule has 192 valence electrons. The van der Waals surface area contributed by atoms with Crippen LogP contribution in [0.25, 0.3) is 33.5 Å². The Morgan fingerprint density at radius 2 is 2.00 bits per heavy atom.